The summed E-state index contributed by atoms with van der Waals surface area (Å²) in [7, 11) is 2.09. The van der Waals surface area contributed by atoms with Crippen LogP contribution in [0.15, 0.2) is 10.8 Å². The van der Waals surface area contributed by atoms with Crippen molar-refractivity contribution in [3.63, 3.8) is 0 Å². The highest BCUT2D eigenvalue weighted by molar-refractivity contribution is 9.10. The molecule has 1 aliphatic carbocycles. The van der Waals surface area contributed by atoms with Gasteiger partial charge in [-0.25, -0.2) is 9.97 Å². The summed E-state index contributed by atoms with van der Waals surface area (Å²) in [6, 6.07) is 0.545. The van der Waals surface area contributed by atoms with Crippen molar-refractivity contribution in [1.29, 1.82) is 0 Å². The molecule has 1 aromatic heterocycles. The van der Waals surface area contributed by atoms with Crippen LogP contribution in [0, 0.1) is 5.41 Å². The normalized spacial score (nSPS) is 19.8. The first kappa shape index (κ1) is 13.6. The Hall–Kier alpha value is -0.840. The van der Waals surface area contributed by atoms with Gasteiger partial charge in [-0.1, -0.05) is 13.8 Å². The Balaban J connectivity index is 2.12. The Morgan fingerprint density at radius 1 is 1.33 bits per heavy atom. The van der Waals surface area contributed by atoms with Crippen LogP contribution in [0.25, 0.3) is 0 Å². The van der Waals surface area contributed by atoms with Crippen LogP contribution in [0.5, 0.6) is 0 Å². The summed E-state index contributed by atoms with van der Waals surface area (Å²) < 4.78 is 0.803. The fourth-order valence-electron chi connectivity index (χ4n) is 2.56. The van der Waals surface area contributed by atoms with Gasteiger partial charge in [0.05, 0.1) is 0 Å². The van der Waals surface area contributed by atoms with Crippen molar-refractivity contribution >= 4 is 27.6 Å². The highest BCUT2D eigenvalue weighted by Gasteiger charge is 2.30. The number of rotatable bonds is 2. The van der Waals surface area contributed by atoms with Crippen LogP contribution in [0.3, 0.4) is 0 Å². The van der Waals surface area contributed by atoms with E-state index in [9.17, 15) is 0 Å². The Kier molecular flexibility index (Phi) is 3.80. The van der Waals surface area contributed by atoms with Crippen molar-refractivity contribution in [2.45, 2.75) is 45.6 Å². The molecule has 2 N–H and O–H groups in total. The van der Waals surface area contributed by atoms with Gasteiger partial charge in [0, 0.05) is 13.1 Å². The van der Waals surface area contributed by atoms with E-state index < -0.39 is 0 Å². The molecule has 1 heterocycles. The molecule has 0 aromatic carbocycles. The lowest BCUT2D eigenvalue weighted by atomic mass is 9.75. The number of hydrogen-bond donors (Lipinski definition) is 1. The average molecular weight is 313 g/mol. The molecule has 18 heavy (non-hydrogen) atoms. The Morgan fingerprint density at radius 3 is 2.56 bits per heavy atom. The first-order chi connectivity index (χ1) is 8.41. The van der Waals surface area contributed by atoms with Gasteiger partial charge >= 0.3 is 0 Å². The molecule has 0 spiro atoms. The Morgan fingerprint density at radius 2 is 1.94 bits per heavy atom. The average Bonchev–Trinajstić information content (AvgIpc) is 2.32. The molecule has 1 saturated carbocycles. The van der Waals surface area contributed by atoms with Gasteiger partial charge in [-0.3, -0.25) is 0 Å². The molecule has 1 aromatic rings. The van der Waals surface area contributed by atoms with E-state index in [2.05, 4.69) is 51.7 Å². The van der Waals surface area contributed by atoms with E-state index in [4.69, 9.17) is 5.73 Å². The van der Waals surface area contributed by atoms with Crippen molar-refractivity contribution in [1.82, 2.24) is 9.97 Å². The van der Waals surface area contributed by atoms with Crippen molar-refractivity contribution in [3.05, 3.63) is 10.8 Å². The number of nitrogens with two attached hydrogens (primary N) is 1. The zero-order chi connectivity index (χ0) is 13.3. The topological polar surface area (TPSA) is 55.0 Å². The summed E-state index contributed by atoms with van der Waals surface area (Å²) in [4.78, 5) is 10.6. The third-order valence-corrected chi connectivity index (χ3v) is 4.75. The van der Waals surface area contributed by atoms with E-state index in [-0.39, 0.29) is 0 Å². The van der Waals surface area contributed by atoms with Gasteiger partial charge in [-0.2, -0.15) is 0 Å². The fraction of sp³-hybridized carbons (Fsp3) is 0.692. The Labute approximate surface area is 117 Å². The second-order valence-corrected chi connectivity index (χ2v) is 6.70. The molecule has 0 amide bonds. The van der Waals surface area contributed by atoms with E-state index >= 15 is 0 Å². The predicted molar refractivity (Wildman–Crippen MR) is 78.6 cm³/mol. The van der Waals surface area contributed by atoms with Crippen LogP contribution >= 0.6 is 15.9 Å². The van der Waals surface area contributed by atoms with E-state index in [1.165, 1.54) is 32.0 Å². The van der Waals surface area contributed by atoms with Gasteiger partial charge in [0.2, 0.25) is 0 Å². The second kappa shape index (κ2) is 5.03. The minimum atomic E-state index is 0.485. The lowest BCUT2D eigenvalue weighted by molar-refractivity contribution is 0.222. The monoisotopic (exact) mass is 312 g/mol. The molecule has 0 saturated heterocycles. The van der Waals surface area contributed by atoms with Gasteiger partial charge < -0.3 is 10.6 Å². The highest BCUT2D eigenvalue weighted by atomic mass is 79.9. The quantitative estimate of drug-likeness (QED) is 0.911. The summed E-state index contributed by atoms with van der Waals surface area (Å²) in [5.41, 5.74) is 6.29. The molecule has 0 bridgehead atoms. The molecular formula is C13H21BrN4. The first-order valence-corrected chi connectivity index (χ1v) is 7.19. The van der Waals surface area contributed by atoms with Crippen LogP contribution in [0.1, 0.15) is 39.5 Å². The zero-order valence-electron chi connectivity index (χ0n) is 11.3. The number of nitrogen functional groups attached to an aromatic ring is 1. The largest absolute Gasteiger partial charge is 0.383 e. The zero-order valence-corrected chi connectivity index (χ0v) is 12.9. The molecule has 4 nitrogen and oxygen atoms in total. The molecule has 1 fully saturated rings. The number of hydrogen-bond acceptors (Lipinski definition) is 4. The second-order valence-electron chi connectivity index (χ2n) is 5.90. The standard InChI is InChI=1S/C13H21BrN4/c1-13(2)6-4-9(5-7-13)18(3)12-10(14)11(15)16-8-17-12/h8-9H,4-7H2,1-3H3,(H2,15,16,17). The van der Waals surface area contributed by atoms with E-state index in [0.717, 1.165) is 10.3 Å². The lowest BCUT2D eigenvalue weighted by Crippen LogP contribution is -2.37. The molecule has 100 valence electrons. The van der Waals surface area contributed by atoms with Crippen LogP contribution < -0.4 is 10.6 Å². The van der Waals surface area contributed by atoms with Crippen molar-refractivity contribution in [2.75, 3.05) is 17.7 Å². The molecule has 0 radical (unpaired) electrons. The number of halogens is 1. The molecule has 0 atom stereocenters. The van der Waals surface area contributed by atoms with E-state index in [0.29, 0.717) is 17.3 Å². The highest BCUT2D eigenvalue weighted by Crippen LogP contribution is 2.38. The maximum absolute atomic E-state index is 5.81. The number of aromatic nitrogens is 2. The van der Waals surface area contributed by atoms with E-state index in [1.54, 1.807) is 0 Å². The van der Waals surface area contributed by atoms with Crippen LogP contribution in [-0.2, 0) is 0 Å². The summed E-state index contributed by atoms with van der Waals surface area (Å²) in [6.45, 7) is 4.70. The van der Waals surface area contributed by atoms with Crippen LogP contribution in [0.2, 0.25) is 0 Å². The van der Waals surface area contributed by atoms with E-state index in [1.807, 2.05) is 0 Å². The number of anilines is 2. The minimum Gasteiger partial charge on any atom is -0.383 e. The van der Waals surface area contributed by atoms with Gasteiger partial charge in [0.1, 0.15) is 22.4 Å². The molecule has 0 aliphatic heterocycles. The lowest BCUT2D eigenvalue weighted by Gasteiger charge is -2.39. The first-order valence-electron chi connectivity index (χ1n) is 6.39. The molecule has 0 unspecified atom stereocenters. The smallest absolute Gasteiger partial charge is 0.148 e. The summed E-state index contributed by atoms with van der Waals surface area (Å²) in [5.74, 6) is 1.40. The Bertz CT molecular complexity index is 423. The van der Waals surface area contributed by atoms with Crippen LogP contribution in [0.4, 0.5) is 11.6 Å². The van der Waals surface area contributed by atoms with Crippen LogP contribution in [-0.4, -0.2) is 23.1 Å². The summed E-state index contributed by atoms with van der Waals surface area (Å²) >= 11 is 3.48. The maximum Gasteiger partial charge on any atom is 0.148 e. The molecule has 2 rings (SSSR count). The van der Waals surface area contributed by atoms with Gasteiger partial charge in [-0.15, -0.1) is 0 Å². The fourth-order valence-corrected chi connectivity index (χ4v) is 3.05. The minimum absolute atomic E-state index is 0.485. The van der Waals surface area contributed by atoms with Crippen molar-refractivity contribution < 1.29 is 0 Å². The maximum atomic E-state index is 5.81. The molecule has 1 aliphatic rings. The molecular weight excluding hydrogens is 292 g/mol. The van der Waals surface area contributed by atoms with Gasteiger partial charge in [0.25, 0.3) is 0 Å². The van der Waals surface area contributed by atoms with Gasteiger partial charge in [0.15, 0.2) is 0 Å². The van der Waals surface area contributed by atoms with Crippen molar-refractivity contribution in [2.24, 2.45) is 5.41 Å². The third-order valence-electron chi connectivity index (χ3n) is 3.99. The summed E-state index contributed by atoms with van der Waals surface area (Å²) in [5, 5.41) is 0. The van der Waals surface area contributed by atoms with Crippen molar-refractivity contribution in [3.8, 4) is 0 Å². The SMILES string of the molecule is CN(c1ncnc(N)c1Br)C1CCC(C)(C)CC1. The van der Waals surface area contributed by atoms with Gasteiger partial charge in [-0.05, 0) is 47.0 Å². The number of nitrogens with zero attached hydrogens (tertiary/aromatic N) is 3. The predicted octanol–water partition coefficient (Wildman–Crippen LogP) is 3.23. The summed E-state index contributed by atoms with van der Waals surface area (Å²) in [6.07, 6.45) is 6.47. The third kappa shape index (κ3) is 2.76. The molecule has 5 heteroatoms.